The van der Waals surface area contributed by atoms with Crippen LogP contribution in [-0.4, -0.2) is 23.8 Å². The van der Waals surface area contributed by atoms with E-state index in [0.717, 1.165) is 0 Å². The summed E-state index contributed by atoms with van der Waals surface area (Å²) in [6, 6.07) is 3.78. The summed E-state index contributed by atoms with van der Waals surface area (Å²) in [5.41, 5.74) is 6.16. The van der Waals surface area contributed by atoms with Crippen LogP contribution in [0.2, 0.25) is 5.02 Å². The van der Waals surface area contributed by atoms with Crippen molar-refractivity contribution in [2.24, 2.45) is 0 Å². The molecule has 1 heterocycles. The van der Waals surface area contributed by atoms with Crippen LogP contribution >= 0.6 is 11.6 Å². The van der Waals surface area contributed by atoms with Crippen LogP contribution in [0.1, 0.15) is 23.2 Å². The van der Waals surface area contributed by atoms with Crippen LogP contribution in [0, 0.1) is 0 Å². The van der Waals surface area contributed by atoms with E-state index in [-0.39, 0.29) is 30.0 Å². The van der Waals surface area contributed by atoms with Crippen LogP contribution in [0.4, 0.5) is 5.69 Å². The Kier molecular flexibility index (Phi) is 3.71. The standard InChI is InChI=1S/C12H12ClN3O3/c13-6-1-2-8(14)7(5-6)11(18)15-9-3-4-10(17)16-12(9)19/h1-2,5,9H,3-4,14H2,(H,15,18)(H,16,17,19). The lowest BCUT2D eigenvalue weighted by atomic mass is 10.1. The van der Waals surface area contributed by atoms with E-state index >= 15 is 0 Å². The van der Waals surface area contributed by atoms with Crippen molar-refractivity contribution in [1.82, 2.24) is 10.6 Å². The fourth-order valence-electron chi connectivity index (χ4n) is 1.79. The molecule has 1 aromatic carbocycles. The number of nitrogens with two attached hydrogens (primary N) is 1. The molecule has 7 heteroatoms. The first-order chi connectivity index (χ1) is 8.97. The molecule has 1 fully saturated rings. The smallest absolute Gasteiger partial charge is 0.254 e. The quantitative estimate of drug-likeness (QED) is 0.541. The highest BCUT2D eigenvalue weighted by molar-refractivity contribution is 6.31. The minimum absolute atomic E-state index is 0.196. The number of carbonyl (C=O) groups is 3. The lowest BCUT2D eigenvalue weighted by molar-refractivity contribution is -0.134. The van der Waals surface area contributed by atoms with Crippen molar-refractivity contribution in [2.75, 3.05) is 5.73 Å². The number of amides is 3. The molecule has 1 aliphatic rings. The molecule has 0 aromatic heterocycles. The molecule has 1 unspecified atom stereocenters. The van der Waals surface area contributed by atoms with Crippen LogP contribution in [0.15, 0.2) is 18.2 Å². The van der Waals surface area contributed by atoms with Crippen molar-refractivity contribution in [2.45, 2.75) is 18.9 Å². The maximum absolute atomic E-state index is 12.0. The molecule has 0 spiro atoms. The molecule has 0 saturated carbocycles. The maximum atomic E-state index is 12.0. The number of benzene rings is 1. The number of rotatable bonds is 2. The molecule has 0 bridgehead atoms. The molecule has 6 nitrogen and oxygen atoms in total. The molecule has 1 atom stereocenters. The summed E-state index contributed by atoms with van der Waals surface area (Å²) in [7, 11) is 0. The minimum atomic E-state index is -0.733. The van der Waals surface area contributed by atoms with Gasteiger partial charge in [-0.25, -0.2) is 0 Å². The highest BCUT2D eigenvalue weighted by Crippen LogP contribution is 2.18. The normalized spacial score (nSPS) is 18.9. The van der Waals surface area contributed by atoms with Gasteiger partial charge in [-0.05, 0) is 24.6 Å². The number of nitrogen functional groups attached to an aromatic ring is 1. The van der Waals surface area contributed by atoms with E-state index in [9.17, 15) is 14.4 Å². The lowest BCUT2D eigenvalue weighted by Gasteiger charge is -2.22. The molecular weight excluding hydrogens is 270 g/mol. The second-order valence-corrected chi connectivity index (χ2v) is 4.65. The van der Waals surface area contributed by atoms with Crippen LogP contribution in [0.25, 0.3) is 0 Å². The average Bonchev–Trinajstić information content (AvgIpc) is 2.35. The number of hydrogen-bond acceptors (Lipinski definition) is 4. The summed E-state index contributed by atoms with van der Waals surface area (Å²) in [6.45, 7) is 0. The number of halogens is 1. The van der Waals surface area contributed by atoms with Gasteiger partial charge in [0.15, 0.2) is 0 Å². The molecule has 0 radical (unpaired) electrons. The predicted molar refractivity (Wildman–Crippen MR) is 69.5 cm³/mol. The van der Waals surface area contributed by atoms with E-state index in [1.54, 1.807) is 6.07 Å². The minimum Gasteiger partial charge on any atom is -0.398 e. The van der Waals surface area contributed by atoms with Crippen LogP contribution in [0.5, 0.6) is 0 Å². The topological polar surface area (TPSA) is 101 Å². The molecule has 19 heavy (non-hydrogen) atoms. The third-order valence-corrected chi connectivity index (χ3v) is 3.04. The Morgan fingerprint density at radius 3 is 2.84 bits per heavy atom. The summed E-state index contributed by atoms with van der Waals surface area (Å²) in [4.78, 5) is 34.5. The molecule has 4 N–H and O–H groups in total. The Morgan fingerprint density at radius 1 is 1.42 bits per heavy atom. The zero-order valence-electron chi connectivity index (χ0n) is 9.90. The van der Waals surface area contributed by atoms with Gasteiger partial charge in [-0.2, -0.15) is 0 Å². The Balaban J connectivity index is 2.11. The molecular formula is C12H12ClN3O3. The first kappa shape index (κ1) is 13.4. The van der Waals surface area contributed by atoms with Gasteiger partial charge in [-0.3, -0.25) is 19.7 Å². The molecule has 2 rings (SSSR count). The van der Waals surface area contributed by atoms with Gasteiger partial charge in [0.05, 0.1) is 5.56 Å². The van der Waals surface area contributed by atoms with Crippen LogP contribution in [0.3, 0.4) is 0 Å². The van der Waals surface area contributed by atoms with E-state index in [2.05, 4.69) is 10.6 Å². The third-order valence-electron chi connectivity index (χ3n) is 2.80. The largest absolute Gasteiger partial charge is 0.398 e. The fourth-order valence-corrected chi connectivity index (χ4v) is 1.96. The molecule has 1 aromatic rings. The fraction of sp³-hybridized carbons (Fsp3) is 0.250. The maximum Gasteiger partial charge on any atom is 0.254 e. The van der Waals surface area contributed by atoms with Crippen molar-refractivity contribution in [1.29, 1.82) is 0 Å². The summed E-state index contributed by atoms with van der Waals surface area (Å²) in [5.74, 6) is -1.34. The number of imide groups is 1. The van der Waals surface area contributed by atoms with Crippen LogP contribution < -0.4 is 16.4 Å². The first-order valence-corrected chi connectivity index (χ1v) is 6.05. The summed E-state index contributed by atoms with van der Waals surface area (Å²) >= 11 is 5.79. The second-order valence-electron chi connectivity index (χ2n) is 4.21. The number of anilines is 1. The number of hydrogen-bond donors (Lipinski definition) is 3. The Labute approximate surface area is 114 Å². The monoisotopic (exact) mass is 281 g/mol. The van der Waals surface area contributed by atoms with E-state index < -0.39 is 17.9 Å². The number of piperidine rings is 1. The van der Waals surface area contributed by atoms with Crippen molar-refractivity contribution < 1.29 is 14.4 Å². The van der Waals surface area contributed by atoms with Gasteiger partial charge >= 0.3 is 0 Å². The highest BCUT2D eigenvalue weighted by atomic mass is 35.5. The van der Waals surface area contributed by atoms with Crippen molar-refractivity contribution >= 4 is 35.0 Å². The third kappa shape index (κ3) is 3.03. The Hall–Kier alpha value is -2.08. The van der Waals surface area contributed by atoms with Crippen molar-refractivity contribution in [3.05, 3.63) is 28.8 Å². The summed E-state index contributed by atoms with van der Waals surface area (Å²) in [6.07, 6.45) is 0.471. The van der Waals surface area contributed by atoms with Gasteiger partial charge in [0, 0.05) is 17.1 Å². The van der Waals surface area contributed by atoms with Gasteiger partial charge in [0.25, 0.3) is 5.91 Å². The van der Waals surface area contributed by atoms with Gasteiger partial charge in [0.1, 0.15) is 6.04 Å². The predicted octanol–water partition coefficient (Wildman–Crippen LogP) is 0.457. The second kappa shape index (κ2) is 5.27. The Bertz CT molecular complexity index is 559. The van der Waals surface area contributed by atoms with Gasteiger partial charge in [-0.15, -0.1) is 0 Å². The van der Waals surface area contributed by atoms with E-state index in [4.69, 9.17) is 17.3 Å². The van der Waals surface area contributed by atoms with Crippen molar-refractivity contribution in [3.63, 3.8) is 0 Å². The first-order valence-electron chi connectivity index (χ1n) is 5.67. The zero-order valence-corrected chi connectivity index (χ0v) is 10.7. The number of carbonyl (C=O) groups excluding carboxylic acids is 3. The Morgan fingerprint density at radius 2 is 2.16 bits per heavy atom. The van der Waals surface area contributed by atoms with E-state index in [1.807, 2.05) is 0 Å². The van der Waals surface area contributed by atoms with Crippen molar-refractivity contribution in [3.8, 4) is 0 Å². The average molecular weight is 282 g/mol. The zero-order chi connectivity index (χ0) is 14.0. The molecule has 1 aliphatic heterocycles. The van der Waals surface area contributed by atoms with Gasteiger partial charge in [0.2, 0.25) is 11.8 Å². The van der Waals surface area contributed by atoms with Gasteiger partial charge < -0.3 is 11.1 Å². The molecule has 100 valence electrons. The van der Waals surface area contributed by atoms with E-state index in [1.165, 1.54) is 12.1 Å². The highest BCUT2D eigenvalue weighted by Gasteiger charge is 2.28. The lowest BCUT2D eigenvalue weighted by Crippen LogP contribution is -2.52. The summed E-state index contributed by atoms with van der Waals surface area (Å²) < 4.78 is 0. The summed E-state index contributed by atoms with van der Waals surface area (Å²) in [5, 5.41) is 5.07. The molecule has 1 saturated heterocycles. The SMILES string of the molecule is Nc1ccc(Cl)cc1C(=O)NC1CCC(=O)NC1=O. The van der Waals surface area contributed by atoms with Crippen LogP contribution in [-0.2, 0) is 9.59 Å². The number of nitrogens with one attached hydrogen (secondary N) is 2. The van der Waals surface area contributed by atoms with E-state index in [0.29, 0.717) is 5.02 Å². The molecule has 3 amide bonds. The van der Waals surface area contributed by atoms with Gasteiger partial charge in [-0.1, -0.05) is 11.6 Å². The molecule has 0 aliphatic carbocycles.